The Morgan fingerprint density at radius 2 is 1.86 bits per heavy atom. The van der Waals surface area contributed by atoms with Crippen LogP contribution in [-0.2, 0) is 9.59 Å². The predicted molar refractivity (Wildman–Crippen MR) is 83.2 cm³/mol. The van der Waals surface area contributed by atoms with E-state index in [1.807, 2.05) is 0 Å². The summed E-state index contributed by atoms with van der Waals surface area (Å²) >= 11 is 0. The maximum absolute atomic E-state index is 12.1. The molecule has 0 saturated carbocycles. The fourth-order valence-electron chi connectivity index (χ4n) is 2.49. The summed E-state index contributed by atoms with van der Waals surface area (Å²) in [5.74, 6) is 0.682. The van der Waals surface area contributed by atoms with Crippen LogP contribution in [0, 0.1) is 0 Å². The monoisotopic (exact) mass is 306 g/mol. The van der Waals surface area contributed by atoms with Crippen molar-refractivity contribution < 1.29 is 19.1 Å². The summed E-state index contributed by atoms with van der Waals surface area (Å²) in [7, 11) is 3.08. The first-order valence-corrected chi connectivity index (χ1v) is 7.43. The summed E-state index contributed by atoms with van der Waals surface area (Å²) in [5, 5.41) is 2.72. The number of carbonyl (C=O) groups is 2. The summed E-state index contributed by atoms with van der Waals surface area (Å²) < 4.78 is 10.3. The van der Waals surface area contributed by atoms with Crippen LogP contribution in [0.15, 0.2) is 18.2 Å². The molecule has 0 bridgehead atoms. The third kappa shape index (κ3) is 4.13. The number of amides is 2. The first-order valence-electron chi connectivity index (χ1n) is 7.43. The predicted octanol–water partition coefficient (Wildman–Crippen LogP) is 2.04. The molecule has 6 heteroatoms. The van der Waals surface area contributed by atoms with Crippen molar-refractivity contribution in [2.24, 2.45) is 0 Å². The van der Waals surface area contributed by atoms with E-state index in [0.29, 0.717) is 17.2 Å². The molecule has 22 heavy (non-hydrogen) atoms. The van der Waals surface area contributed by atoms with E-state index in [1.54, 1.807) is 30.2 Å². The van der Waals surface area contributed by atoms with Crippen molar-refractivity contribution in [2.75, 3.05) is 32.6 Å². The van der Waals surface area contributed by atoms with Gasteiger partial charge in [0.05, 0.1) is 19.9 Å². The van der Waals surface area contributed by atoms with Gasteiger partial charge < -0.3 is 19.7 Å². The maximum atomic E-state index is 12.1. The van der Waals surface area contributed by atoms with Crippen LogP contribution in [0.1, 0.15) is 25.7 Å². The normalized spacial score (nSPS) is 14.4. The van der Waals surface area contributed by atoms with Gasteiger partial charge in [-0.3, -0.25) is 9.59 Å². The highest BCUT2D eigenvalue weighted by atomic mass is 16.5. The Hall–Kier alpha value is -2.24. The lowest BCUT2D eigenvalue weighted by molar-refractivity contribution is -0.135. The topological polar surface area (TPSA) is 67.9 Å². The molecule has 120 valence electrons. The Labute approximate surface area is 130 Å². The molecule has 1 aromatic rings. The molecule has 0 unspecified atom stereocenters. The molecule has 1 fully saturated rings. The number of benzene rings is 1. The molecule has 0 spiro atoms. The van der Waals surface area contributed by atoms with Gasteiger partial charge in [0.25, 0.3) is 0 Å². The number of rotatable bonds is 5. The van der Waals surface area contributed by atoms with Crippen molar-refractivity contribution in [3.8, 4) is 11.5 Å². The Kier molecular flexibility index (Phi) is 5.63. The van der Waals surface area contributed by atoms with Crippen molar-refractivity contribution in [3.05, 3.63) is 18.2 Å². The molecular formula is C16H22N2O4. The number of ether oxygens (including phenoxy) is 2. The minimum absolute atomic E-state index is 0.121. The third-order valence-electron chi connectivity index (χ3n) is 3.70. The molecule has 1 heterocycles. The lowest BCUT2D eigenvalue weighted by Gasteiger charge is -2.26. The third-order valence-corrected chi connectivity index (χ3v) is 3.70. The second-order valence-corrected chi connectivity index (χ2v) is 5.23. The highest BCUT2D eigenvalue weighted by molar-refractivity contribution is 6.04. The average Bonchev–Trinajstić information content (AvgIpc) is 2.55. The second kappa shape index (κ2) is 7.68. The molecule has 6 nitrogen and oxygen atoms in total. The second-order valence-electron chi connectivity index (χ2n) is 5.23. The van der Waals surface area contributed by atoms with Crippen molar-refractivity contribution >= 4 is 17.5 Å². The molecule has 2 rings (SSSR count). The van der Waals surface area contributed by atoms with Gasteiger partial charge in [-0.1, -0.05) is 0 Å². The molecule has 0 aliphatic carbocycles. The van der Waals surface area contributed by atoms with Crippen molar-refractivity contribution in [3.63, 3.8) is 0 Å². The number of anilines is 1. The molecule has 1 saturated heterocycles. The first kappa shape index (κ1) is 16.1. The zero-order valence-electron chi connectivity index (χ0n) is 13.1. The molecule has 0 atom stereocenters. The van der Waals surface area contributed by atoms with Crippen LogP contribution >= 0.6 is 0 Å². The average molecular weight is 306 g/mol. The van der Waals surface area contributed by atoms with Crippen LogP contribution in [0.25, 0.3) is 0 Å². The van der Waals surface area contributed by atoms with Crippen LogP contribution in [0.3, 0.4) is 0 Å². The number of nitrogens with one attached hydrogen (secondary N) is 1. The Morgan fingerprint density at radius 1 is 1.14 bits per heavy atom. The largest absolute Gasteiger partial charge is 0.497 e. The first-order chi connectivity index (χ1) is 10.6. The summed E-state index contributed by atoms with van der Waals surface area (Å²) in [4.78, 5) is 25.9. The number of hydrogen-bond donors (Lipinski definition) is 1. The van der Waals surface area contributed by atoms with E-state index in [0.717, 1.165) is 32.4 Å². The smallest absolute Gasteiger partial charge is 0.233 e. The zero-order valence-corrected chi connectivity index (χ0v) is 13.1. The van der Waals surface area contributed by atoms with Gasteiger partial charge in [0.15, 0.2) is 0 Å². The molecule has 2 amide bonds. The van der Waals surface area contributed by atoms with Crippen molar-refractivity contribution in [2.45, 2.75) is 25.7 Å². The Bertz CT molecular complexity index is 539. The van der Waals surface area contributed by atoms with Crippen LogP contribution in [0.4, 0.5) is 5.69 Å². The van der Waals surface area contributed by atoms with Gasteiger partial charge in [-0.2, -0.15) is 0 Å². The number of hydrogen-bond acceptors (Lipinski definition) is 4. The number of carbonyl (C=O) groups excluding carboxylic acids is 2. The van der Waals surface area contributed by atoms with Gasteiger partial charge in [0.2, 0.25) is 11.8 Å². The van der Waals surface area contributed by atoms with Crippen molar-refractivity contribution in [1.82, 2.24) is 4.90 Å². The highest BCUT2D eigenvalue weighted by Gasteiger charge is 2.20. The Balaban J connectivity index is 1.95. The molecule has 0 aromatic heterocycles. The SMILES string of the molecule is COc1ccc(NC(=O)CC(=O)N2CCCCC2)c(OC)c1. The fourth-order valence-corrected chi connectivity index (χ4v) is 2.49. The fraction of sp³-hybridized carbons (Fsp3) is 0.500. The summed E-state index contributed by atoms with van der Waals surface area (Å²) in [6.07, 6.45) is 3.04. The quantitative estimate of drug-likeness (QED) is 0.845. The maximum Gasteiger partial charge on any atom is 0.233 e. The summed E-state index contributed by atoms with van der Waals surface area (Å²) in [5.41, 5.74) is 0.528. The lowest BCUT2D eigenvalue weighted by atomic mass is 10.1. The van der Waals surface area contributed by atoms with E-state index < -0.39 is 0 Å². The van der Waals surface area contributed by atoms with Crippen LogP contribution in [-0.4, -0.2) is 44.0 Å². The van der Waals surface area contributed by atoms with E-state index in [9.17, 15) is 9.59 Å². The number of likely N-dealkylation sites (tertiary alicyclic amines) is 1. The van der Waals surface area contributed by atoms with Gasteiger partial charge in [-0.25, -0.2) is 0 Å². The van der Waals surface area contributed by atoms with Gasteiger partial charge >= 0.3 is 0 Å². The van der Waals surface area contributed by atoms with Crippen molar-refractivity contribution in [1.29, 1.82) is 0 Å². The highest BCUT2D eigenvalue weighted by Crippen LogP contribution is 2.29. The van der Waals surface area contributed by atoms with E-state index in [-0.39, 0.29) is 18.2 Å². The van der Waals surface area contributed by atoms with Gasteiger partial charge in [-0.05, 0) is 31.4 Å². The summed E-state index contributed by atoms with van der Waals surface area (Å²) in [6, 6.07) is 5.10. The minimum Gasteiger partial charge on any atom is -0.497 e. The number of nitrogens with zero attached hydrogens (tertiary/aromatic N) is 1. The van der Waals surface area contributed by atoms with E-state index in [2.05, 4.69) is 5.32 Å². The van der Waals surface area contributed by atoms with Gasteiger partial charge in [0, 0.05) is 19.2 Å². The van der Waals surface area contributed by atoms with Gasteiger partial charge in [0.1, 0.15) is 17.9 Å². The Morgan fingerprint density at radius 3 is 2.50 bits per heavy atom. The number of piperidine rings is 1. The van der Waals surface area contributed by atoms with Gasteiger partial charge in [-0.15, -0.1) is 0 Å². The van der Waals surface area contributed by atoms with E-state index in [1.165, 1.54) is 7.11 Å². The molecule has 1 aliphatic heterocycles. The van der Waals surface area contributed by atoms with E-state index in [4.69, 9.17) is 9.47 Å². The standard InChI is InChI=1S/C16H22N2O4/c1-21-12-6-7-13(14(10-12)22-2)17-15(19)11-16(20)18-8-4-3-5-9-18/h6-7,10H,3-5,8-9,11H2,1-2H3,(H,17,19). The van der Waals surface area contributed by atoms with Crippen LogP contribution in [0.5, 0.6) is 11.5 Å². The molecular weight excluding hydrogens is 284 g/mol. The van der Waals surface area contributed by atoms with E-state index >= 15 is 0 Å². The number of methoxy groups -OCH3 is 2. The molecule has 1 aromatic carbocycles. The summed E-state index contributed by atoms with van der Waals surface area (Å²) in [6.45, 7) is 1.50. The van der Waals surface area contributed by atoms with Crippen LogP contribution < -0.4 is 14.8 Å². The zero-order chi connectivity index (χ0) is 15.9. The molecule has 0 radical (unpaired) electrons. The molecule has 1 aliphatic rings. The lowest BCUT2D eigenvalue weighted by Crippen LogP contribution is -2.37. The minimum atomic E-state index is -0.334. The van der Waals surface area contributed by atoms with Crippen LogP contribution in [0.2, 0.25) is 0 Å². The molecule has 1 N–H and O–H groups in total.